The zero-order valence-corrected chi connectivity index (χ0v) is 11.6. The third kappa shape index (κ3) is 2.39. The molecule has 3 N–H and O–H groups in total. The summed E-state index contributed by atoms with van der Waals surface area (Å²) in [6.07, 6.45) is 11.7. The van der Waals surface area contributed by atoms with Crippen LogP contribution in [0.25, 0.3) is 0 Å². The number of aliphatic hydroxyl groups excluding tert-OH is 1. The largest absolute Gasteiger partial charge is 0.396 e. The molecule has 0 unspecified atom stereocenters. The first-order valence-electron chi connectivity index (χ1n) is 7.33. The van der Waals surface area contributed by atoms with Crippen molar-refractivity contribution in [1.82, 2.24) is 0 Å². The first kappa shape index (κ1) is 13.4. The molecule has 2 saturated carbocycles. The van der Waals surface area contributed by atoms with E-state index in [1.165, 1.54) is 51.4 Å². The summed E-state index contributed by atoms with van der Waals surface area (Å²) in [5.74, 6) is 0. The summed E-state index contributed by atoms with van der Waals surface area (Å²) < 4.78 is 0. The molecule has 0 amide bonds. The Kier molecular flexibility index (Phi) is 3.57. The van der Waals surface area contributed by atoms with Crippen LogP contribution in [-0.4, -0.2) is 17.3 Å². The summed E-state index contributed by atoms with van der Waals surface area (Å²) in [6, 6.07) is 0. The Morgan fingerprint density at radius 2 is 1.53 bits per heavy atom. The van der Waals surface area contributed by atoms with Crippen LogP contribution in [0.4, 0.5) is 0 Å². The van der Waals surface area contributed by atoms with Crippen molar-refractivity contribution >= 4 is 0 Å². The molecule has 0 aromatic carbocycles. The maximum Gasteiger partial charge on any atom is 0.0437 e. The minimum absolute atomic E-state index is 0.157. The lowest BCUT2D eigenvalue weighted by Crippen LogP contribution is -2.53. The van der Waals surface area contributed by atoms with E-state index >= 15 is 0 Å². The third-order valence-corrected chi connectivity index (χ3v) is 5.89. The van der Waals surface area contributed by atoms with E-state index in [1.54, 1.807) is 0 Å². The van der Waals surface area contributed by atoms with Crippen molar-refractivity contribution in [3.63, 3.8) is 0 Å². The fourth-order valence-corrected chi connectivity index (χ4v) is 4.31. The zero-order chi connectivity index (χ0) is 12.6. The second-order valence-electron chi connectivity index (χ2n) is 7.18. The van der Waals surface area contributed by atoms with Crippen LogP contribution < -0.4 is 5.73 Å². The van der Waals surface area contributed by atoms with Gasteiger partial charge in [-0.1, -0.05) is 12.8 Å². The SMILES string of the molecule is CC(C)(N)C1(CCO)CCC2(CCCC2)CC1. The van der Waals surface area contributed by atoms with E-state index in [2.05, 4.69) is 13.8 Å². The number of rotatable bonds is 3. The van der Waals surface area contributed by atoms with Gasteiger partial charge in [-0.05, 0) is 69.6 Å². The summed E-state index contributed by atoms with van der Waals surface area (Å²) in [6.45, 7) is 4.58. The molecular weight excluding hydrogens is 210 g/mol. The predicted octanol–water partition coefficient (Wildman–Crippen LogP) is 3.23. The zero-order valence-electron chi connectivity index (χ0n) is 11.6. The molecule has 0 heterocycles. The summed E-state index contributed by atoms with van der Waals surface area (Å²) in [4.78, 5) is 0. The Balaban J connectivity index is 2.07. The molecule has 0 aliphatic heterocycles. The Morgan fingerprint density at radius 3 is 1.94 bits per heavy atom. The first-order chi connectivity index (χ1) is 7.93. The number of hydrogen-bond donors (Lipinski definition) is 2. The number of aliphatic hydroxyl groups is 1. The second-order valence-corrected chi connectivity index (χ2v) is 7.18. The Morgan fingerprint density at radius 1 is 1.00 bits per heavy atom. The molecule has 0 saturated heterocycles. The molecule has 100 valence electrons. The quantitative estimate of drug-likeness (QED) is 0.794. The fraction of sp³-hybridized carbons (Fsp3) is 1.00. The highest BCUT2D eigenvalue weighted by Crippen LogP contribution is 2.57. The van der Waals surface area contributed by atoms with Crippen molar-refractivity contribution in [1.29, 1.82) is 0 Å². The Labute approximate surface area is 106 Å². The van der Waals surface area contributed by atoms with Gasteiger partial charge >= 0.3 is 0 Å². The van der Waals surface area contributed by atoms with Gasteiger partial charge in [0.15, 0.2) is 0 Å². The van der Waals surface area contributed by atoms with Crippen LogP contribution in [-0.2, 0) is 0 Å². The highest BCUT2D eigenvalue weighted by molar-refractivity contribution is 5.03. The van der Waals surface area contributed by atoms with Crippen LogP contribution in [0.5, 0.6) is 0 Å². The van der Waals surface area contributed by atoms with E-state index in [0.29, 0.717) is 5.41 Å². The third-order valence-electron chi connectivity index (χ3n) is 5.89. The summed E-state index contributed by atoms with van der Waals surface area (Å²) in [5.41, 5.74) is 7.08. The maximum absolute atomic E-state index is 9.35. The summed E-state index contributed by atoms with van der Waals surface area (Å²) >= 11 is 0. The van der Waals surface area contributed by atoms with E-state index < -0.39 is 0 Å². The van der Waals surface area contributed by atoms with Crippen LogP contribution in [0, 0.1) is 10.8 Å². The van der Waals surface area contributed by atoms with Crippen molar-refractivity contribution in [3.05, 3.63) is 0 Å². The molecule has 2 heteroatoms. The van der Waals surface area contributed by atoms with Gasteiger partial charge in [-0.3, -0.25) is 0 Å². The molecule has 0 atom stereocenters. The lowest BCUT2D eigenvalue weighted by Gasteiger charge is -2.52. The normalized spacial score (nSPS) is 27.5. The average Bonchev–Trinajstić information content (AvgIpc) is 2.70. The lowest BCUT2D eigenvalue weighted by atomic mass is 9.56. The van der Waals surface area contributed by atoms with Gasteiger partial charge in [0.25, 0.3) is 0 Å². The van der Waals surface area contributed by atoms with E-state index in [0.717, 1.165) is 6.42 Å². The van der Waals surface area contributed by atoms with Crippen LogP contribution in [0.15, 0.2) is 0 Å². The van der Waals surface area contributed by atoms with Crippen LogP contribution in [0.1, 0.15) is 71.6 Å². The molecule has 0 bridgehead atoms. The monoisotopic (exact) mass is 239 g/mol. The molecule has 0 aromatic heterocycles. The van der Waals surface area contributed by atoms with E-state index in [4.69, 9.17) is 5.73 Å². The van der Waals surface area contributed by atoms with E-state index in [-0.39, 0.29) is 17.6 Å². The van der Waals surface area contributed by atoms with Crippen molar-refractivity contribution in [2.45, 2.75) is 77.2 Å². The number of nitrogens with two attached hydrogens (primary N) is 1. The molecule has 0 radical (unpaired) electrons. The molecular formula is C15H29NO. The second kappa shape index (κ2) is 4.55. The fourth-order valence-electron chi connectivity index (χ4n) is 4.31. The first-order valence-corrected chi connectivity index (χ1v) is 7.33. The molecule has 2 aliphatic carbocycles. The van der Waals surface area contributed by atoms with Crippen molar-refractivity contribution in [3.8, 4) is 0 Å². The van der Waals surface area contributed by atoms with Crippen LogP contribution >= 0.6 is 0 Å². The van der Waals surface area contributed by atoms with Crippen molar-refractivity contribution < 1.29 is 5.11 Å². The van der Waals surface area contributed by atoms with Gasteiger partial charge in [-0.25, -0.2) is 0 Å². The highest BCUT2D eigenvalue weighted by atomic mass is 16.3. The minimum atomic E-state index is -0.157. The number of hydrogen-bond acceptors (Lipinski definition) is 2. The van der Waals surface area contributed by atoms with Crippen LogP contribution in [0.3, 0.4) is 0 Å². The molecule has 2 nitrogen and oxygen atoms in total. The van der Waals surface area contributed by atoms with Gasteiger partial charge in [0, 0.05) is 12.1 Å². The van der Waals surface area contributed by atoms with Gasteiger partial charge in [0.2, 0.25) is 0 Å². The maximum atomic E-state index is 9.35. The van der Waals surface area contributed by atoms with Crippen molar-refractivity contribution in [2.75, 3.05) is 6.61 Å². The lowest BCUT2D eigenvalue weighted by molar-refractivity contribution is 0.00690. The predicted molar refractivity (Wildman–Crippen MR) is 71.8 cm³/mol. The molecule has 0 aromatic rings. The topological polar surface area (TPSA) is 46.2 Å². The van der Waals surface area contributed by atoms with Gasteiger partial charge < -0.3 is 10.8 Å². The molecule has 2 rings (SSSR count). The molecule has 17 heavy (non-hydrogen) atoms. The molecule has 1 spiro atoms. The van der Waals surface area contributed by atoms with Crippen LogP contribution in [0.2, 0.25) is 0 Å². The Hall–Kier alpha value is -0.0800. The van der Waals surface area contributed by atoms with Gasteiger partial charge in [0.1, 0.15) is 0 Å². The van der Waals surface area contributed by atoms with Gasteiger partial charge in [-0.15, -0.1) is 0 Å². The van der Waals surface area contributed by atoms with Gasteiger partial charge in [0.05, 0.1) is 0 Å². The smallest absolute Gasteiger partial charge is 0.0437 e. The van der Waals surface area contributed by atoms with Crippen molar-refractivity contribution in [2.24, 2.45) is 16.6 Å². The van der Waals surface area contributed by atoms with E-state index in [9.17, 15) is 5.11 Å². The molecule has 2 fully saturated rings. The standard InChI is InChI=1S/C15H29NO/c1-13(2,16)15(11-12-17)9-7-14(8-10-15)5-3-4-6-14/h17H,3-12,16H2,1-2H3. The molecule has 2 aliphatic rings. The average molecular weight is 239 g/mol. The van der Waals surface area contributed by atoms with E-state index in [1.807, 2.05) is 0 Å². The highest BCUT2D eigenvalue weighted by Gasteiger charge is 2.48. The minimum Gasteiger partial charge on any atom is -0.396 e. The summed E-state index contributed by atoms with van der Waals surface area (Å²) in [5, 5.41) is 9.35. The van der Waals surface area contributed by atoms with Gasteiger partial charge in [-0.2, -0.15) is 0 Å². The Bertz CT molecular complexity index is 251. The summed E-state index contributed by atoms with van der Waals surface area (Å²) in [7, 11) is 0.